The minimum atomic E-state index is -4.47. The monoisotopic (exact) mass is 315 g/mol. The van der Waals surface area contributed by atoms with Gasteiger partial charge in [-0.1, -0.05) is 44.5 Å². The molecule has 0 bridgehead atoms. The number of halogens is 4. The van der Waals surface area contributed by atoms with Gasteiger partial charge in [0.2, 0.25) is 0 Å². The van der Waals surface area contributed by atoms with E-state index in [1.807, 2.05) is 20.8 Å². The number of benzene rings is 1. The van der Waals surface area contributed by atoms with Crippen molar-refractivity contribution in [1.29, 1.82) is 0 Å². The summed E-state index contributed by atoms with van der Waals surface area (Å²) < 4.78 is 39.8. The number of hydrogen-bond acceptors (Lipinski definition) is 1. The fourth-order valence-corrected chi connectivity index (χ4v) is 2.61. The van der Waals surface area contributed by atoms with Gasteiger partial charge in [-0.3, -0.25) is 4.99 Å². The Balaban J connectivity index is 2.56. The molecule has 0 aliphatic carbocycles. The maximum atomic E-state index is 13.3. The molecule has 0 radical (unpaired) electrons. The third-order valence-corrected chi connectivity index (χ3v) is 3.70. The number of alkyl halides is 3. The van der Waals surface area contributed by atoms with Crippen LogP contribution in [-0.2, 0) is 6.18 Å². The highest BCUT2D eigenvalue weighted by molar-refractivity contribution is 6.31. The maximum Gasteiger partial charge on any atom is 0.418 e. The summed E-state index contributed by atoms with van der Waals surface area (Å²) in [5.41, 5.74) is 0.671. The van der Waals surface area contributed by atoms with E-state index in [0.717, 1.165) is 5.71 Å². The third-order valence-electron chi connectivity index (χ3n) is 3.39. The van der Waals surface area contributed by atoms with Crippen LogP contribution in [-0.4, -0.2) is 12.3 Å². The molecule has 1 aliphatic heterocycles. The molecule has 114 valence electrons. The number of aliphatic imine (C=N–C) groups is 1. The van der Waals surface area contributed by atoms with Crippen LogP contribution in [0.25, 0.3) is 5.57 Å². The van der Waals surface area contributed by atoms with Gasteiger partial charge in [0.05, 0.1) is 10.6 Å². The molecule has 0 fully saturated rings. The molecule has 5 heteroatoms. The SMILES string of the molecule is CC(C)(C)C1=NCCC(c2cccc(Cl)c2C(F)(F)F)=C1. The van der Waals surface area contributed by atoms with Crippen LogP contribution in [0.3, 0.4) is 0 Å². The van der Waals surface area contributed by atoms with Gasteiger partial charge in [-0.25, -0.2) is 0 Å². The van der Waals surface area contributed by atoms with E-state index in [-0.39, 0.29) is 16.0 Å². The lowest BCUT2D eigenvalue weighted by molar-refractivity contribution is -0.137. The third kappa shape index (κ3) is 3.49. The lowest BCUT2D eigenvalue weighted by atomic mass is 9.85. The van der Waals surface area contributed by atoms with Gasteiger partial charge in [0, 0.05) is 17.7 Å². The van der Waals surface area contributed by atoms with E-state index >= 15 is 0 Å². The van der Waals surface area contributed by atoms with E-state index < -0.39 is 11.7 Å². The van der Waals surface area contributed by atoms with Crippen LogP contribution in [0, 0.1) is 5.41 Å². The molecule has 21 heavy (non-hydrogen) atoms. The normalized spacial score (nSPS) is 16.5. The van der Waals surface area contributed by atoms with Gasteiger partial charge in [0.15, 0.2) is 0 Å². The Morgan fingerprint density at radius 1 is 1.14 bits per heavy atom. The molecular weight excluding hydrogens is 299 g/mol. The Hall–Kier alpha value is -1.29. The first kappa shape index (κ1) is 16.1. The molecule has 1 aromatic carbocycles. The van der Waals surface area contributed by atoms with E-state index in [9.17, 15) is 13.2 Å². The summed E-state index contributed by atoms with van der Waals surface area (Å²) in [5, 5.41) is -0.263. The molecular formula is C16H17ClF3N. The van der Waals surface area contributed by atoms with Gasteiger partial charge in [-0.15, -0.1) is 0 Å². The van der Waals surface area contributed by atoms with E-state index in [1.165, 1.54) is 12.1 Å². The molecule has 0 spiro atoms. The number of nitrogens with zero attached hydrogens (tertiary/aromatic N) is 1. The number of hydrogen-bond donors (Lipinski definition) is 0. The summed E-state index contributed by atoms with van der Waals surface area (Å²) in [6.07, 6.45) is -2.21. The maximum absolute atomic E-state index is 13.3. The van der Waals surface area contributed by atoms with E-state index in [0.29, 0.717) is 18.5 Å². The molecule has 1 heterocycles. The van der Waals surface area contributed by atoms with Crippen LogP contribution in [0.4, 0.5) is 13.2 Å². The predicted molar refractivity (Wildman–Crippen MR) is 80.8 cm³/mol. The zero-order chi connectivity index (χ0) is 15.8. The molecule has 1 aliphatic rings. The summed E-state index contributed by atoms with van der Waals surface area (Å²) in [6.45, 7) is 6.48. The van der Waals surface area contributed by atoms with Crippen molar-refractivity contribution < 1.29 is 13.2 Å². The second-order valence-corrected chi connectivity index (χ2v) is 6.50. The van der Waals surface area contributed by atoms with Crippen LogP contribution >= 0.6 is 11.6 Å². The van der Waals surface area contributed by atoms with Crippen molar-refractivity contribution in [3.8, 4) is 0 Å². The van der Waals surface area contributed by atoms with E-state index in [1.54, 1.807) is 12.1 Å². The molecule has 0 aromatic heterocycles. The first-order valence-electron chi connectivity index (χ1n) is 6.72. The first-order chi connectivity index (χ1) is 9.60. The average Bonchev–Trinajstić information content (AvgIpc) is 2.36. The Bertz CT molecular complexity index is 607. The smallest absolute Gasteiger partial charge is 0.289 e. The van der Waals surface area contributed by atoms with Crippen LogP contribution in [0.15, 0.2) is 29.3 Å². The Kier molecular flexibility index (Phi) is 4.20. The quantitative estimate of drug-likeness (QED) is 0.636. The van der Waals surface area contributed by atoms with Gasteiger partial charge in [0.1, 0.15) is 0 Å². The molecule has 0 saturated heterocycles. The van der Waals surface area contributed by atoms with Gasteiger partial charge < -0.3 is 0 Å². The zero-order valence-corrected chi connectivity index (χ0v) is 12.9. The second-order valence-electron chi connectivity index (χ2n) is 6.10. The fraction of sp³-hybridized carbons (Fsp3) is 0.438. The summed E-state index contributed by atoms with van der Waals surface area (Å²) >= 11 is 5.78. The van der Waals surface area contributed by atoms with E-state index in [4.69, 9.17) is 11.6 Å². The van der Waals surface area contributed by atoms with Crippen molar-refractivity contribution in [2.45, 2.75) is 33.4 Å². The minimum absolute atomic E-state index is 0.159. The molecule has 0 N–H and O–H groups in total. The average molecular weight is 316 g/mol. The van der Waals surface area contributed by atoms with Crippen LogP contribution < -0.4 is 0 Å². The fourth-order valence-electron chi connectivity index (χ4n) is 2.33. The molecule has 1 nitrogen and oxygen atoms in total. The number of rotatable bonds is 1. The van der Waals surface area contributed by atoms with Gasteiger partial charge in [0.25, 0.3) is 0 Å². The van der Waals surface area contributed by atoms with Crippen LogP contribution in [0.1, 0.15) is 38.3 Å². The number of allylic oxidation sites excluding steroid dienone is 1. The topological polar surface area (TPSA) is 12.4 Å². The van der Waals surface area contributed by atoms with Crippen molar-refractivity contribution in [2.24, 2.45) is 10.4 Å². The van der Waals surface area contributed by atoms with Crippen LogP contribution in [0.2, 0.25) is 5.02 Å². The molecule has 1 aromatic rings. The van der Waals surface area contributed by atoms with Gasteiger partial charge in [-0.2, -0.15) is 13.2 Å². The molecule has 0 atom stereocenters. The van der Waals surface area contributed by atoms with Crippen molar-refractivity contribution in [1.82, 2.24) is 0 Å². The molecule has 0 unspecified atom stereocenters. The van der Waals surface area contributed by atoms with Crippen molar-refractivity contribution in [3.05, 3.63) is 40.4 Å². The number of dihydropyridines is 1. The van der Waals surface area contributed by atoms with Crippen molar-refractivity contribution in [2.75, 3.05) is 6.54 Å². The highest BCUT2D eigenvalue weighted by atomic mass is 35.5. The Morgan fingerprint density at radius 3 is 2.38 bits per heavy atom. The van der Waals surface area contributed by atoms with E-state index in [2.05, 4.69) is 4.99 Å². The first-order valence-corrected chi connectivity index (χ1v) is 7.10. The lowest BCUT2D eigenvalue weighted by Gasteiger charge is -2.25. The van der Waals surface area contributed by atoms with Gasteiger partial charge >= 0.3 is 6.18 Å². The minimum Gasteiger partial charge on any atom is -0.289 e. The molecule has 0 amide bonds. The summed E-state index contributed by atoms with van der Waals surface area (Å²) in [5.74, 6) is 0. The Morgan fingerprint density at radius 2 is 1.81 bits per heavy atom. The van der Waals surface area contributed by atoms with Crippen molar-refractivity contribution in [3.63, 3.8) is 0 Å². The summed E-state index contributed by atoms with van der Waals surface area (Å²) in [4.78, 5) is 4.42. The van der Waals surface area contributed by atoms with Crippen LogP contribution in [0.5, 0.6) is 0 Å². The lowest BCUT2D eigenvalue weighted by Crippen LogP contribution is -2.22. The summed E-state index contributed by atoms with van der Waals surface area (Å²) in [7, 11) is 0. The summed E-state index contributed by atoms with van der Waals surface area (Å²) in [6, 6.07) is 4.30. The highest BCUT2D eigenvalue weighted by Gasteiger charge is 2.37. The predicted octanol–water partition coefficient (Wildman–Crippen LogP) is 5.63. The molecule has 0 saturated carbocycles. The Labute approximate surface area is 127 Å². The molecule has 2 rings (SSSR count). The second kappa shape index (κ2) is 5.48. The largest absolute Gasteiger partial charge is 0.418 e. The standard InChI is InChI=1S/C16H17ClF3N/c1-15(2,3)13-9-10(7-8-21-13)11-5-4-6-12(17)14(11)16(18,19)20/h4-6,9H,7-8H2,1-3H3. The zero-order valence-electron chi connectivity index (χ0n) is 12.2. The van der Waals surface area contributed by atoms with Crippen molar-refractivity contribution >= 4 is 22.9 Å². The highest BCUT2D eigenvalue weighted by Crippen LogP contribution is 2.41. The van der Waals surface area contributed by atoms with Gasteiger partial charge in [-0.05, 0) is 29.7 Å².